The maximum absolute atomic E-state index is 11.4. The van der Waals surface area contributed by atoms with Gasteiger partial charge in [-0.05, 0) is 50.5 Å². The van der Waals surface area contributed by atoms with E-state index in [1.807, 2.05) is 6.07 Å². The third kappa shape index (κ3) is 15.9. The summed E-state index contributed by atoms with van der Waals surface area (Å²) in [6.45, 7) is 4.37. The Morgan fingerprint density at radius 1 is 0.812 bits per heavy atom. The van der Waals surface area contributed by atoms with Crippen molar-refractivity contribution in [1.82, 2.24) is 0 Å². The Balaban J connectivity index is 2.17. The lowest BCUT2D eigenvalue weighted by Gasteiger charge is -2.18. The molecule has 0 saturated heterocycles. The summed E-state index contributed by atoms with van der Waals surface area (Å²) in [6.07, 6.45) is 13.9. The number of rotatable bonds is 20. The van der Waals surface area contributed by atoms with E-state index in [2.05, 4.69) is 31.2 Å². The molecule has 5 nitrogen and oxygen atoms in total. The predicted octanol–water partition coefficient (Wildman–Crippen LogP) is 7.07. The van der Waals surface area contributed by atoms with Crippen molar-refractivity contribution < 1.29 is 24.2 Å². The van der Waals surface area contributed by atoms with Gasteiger partial charge in [-0.2, -0.15) is 0 Å². The minimum absolute atomic E-state index is 0.00554. The fourth-order valence-electron chi connectivity index (χ4n) is 4.02. The van der Waals surface area contributed by atoms with Gasteiger partial charge in [-0.3, -0.25) is 9.59 Å². The Labute approximate surface area is 194 Å². The molecule has 0 saturated carbocycles. The molecular formula is C27H44O5. The smallest absolute Gasteiger partial charge is 0.303 e. The zero-order valence-electron chi connectivity index (χ0n) is 20.2. The third-order valence-electron chi connectivity index (χ3n) is 5.74. The molecule has 0 amide bonds. The van der Waals surface area contributed by atoms with Gasteiger partial charge in [0.2, 0.25) is 0 Å². The van der Waals surface area contributed by atoms with Gasteiger partial charge in [0.25, 0.3) is 0 Å². The average Bonchev–Trinajstić information content (AvgIpc) is 2.76. The van der Waals surface area contributed by atoms with Crippen LogP contribution in [0.3, 0.4) is 0 Å². The topological polar surface area (TPSA) is 72.8 Å². The predicted molar refractivity (Wildman–Crippen MR) is 129 cm³/mol. The SMILES string of the molecule is CCCC(CCCCCCC(CCCCCCC(=O)O)OC(C)=O)OCc1ccccc1. The highest BCUT2D eigenvalue weighted by Crippen LogP contribution is 2.18. The number of ether oxygens (including phenoxy) is 2. The molecule has 0 aromatic heterocycles. The highest BCUT2D eigenvalue weighted by atomic mass is 16.5. The first-order valence-corrected chi connectivity index (χ1v) is 12.6. The summed E-state index contributed by atoms with van der Waals surface area (Å²) >= 11 is 0. The van der Waals surface area contributed by atoms with E-state index >= 15 is 0 Å². The van der Waals surface area contributed by atoms with Gasteiger partial charge in [-0.1, -0.05) is 75.8 Å². The van der Waals surface area contributed by atoms with Crippen molar-refractivity contribution in [3.63, 3.8) is 0 Å². The number of carboxylic acids is 1. The number of aliphatic carboxylic acids is 1. The number of carbonyl (C=O) groups excluding carboxylic acids is 1. The molecule has 2 unspecified atom stereocenters. The standard InChI is InChI=1S/C27H44O5/c1-3-15-25(31-22-24-16-9-8-10-17-24)18-11-4-5-12-19-26(32-23(2)28)20-13-6-7-14-21-27(29)30/h8-10,16-17,25-26H,3-7,11-15,18-22H2,1-2H3,(H,29,30). The van der Waals surface area contributed by atoms with E-state index in [0.29, 0.717) is 12.7 Å². The van der Waals surface area contributed by atoms with Crippen LogP contribution in [0.5, 0.6) is 0 Å². The van der Waals surface area contributed by atoms with Gasteiger partial charge in [-0.15, -0.1) is 0 Å². The highest BCUT2D eigenvalue weighted by Gasteiger charge is 2.12. The first-order chi connectivity index (χ1) is 15.5. The molecule has 0 aliphatic rings. The maximum Gasteiger partial charge on any atom is 0.303 e. The van der Waals surface area contributed by atoms with Crippen LogP contribution in [-0.4, -0.2) is 29.3 Å². The van der Waals surface area contributed by atoms with Crippen molar-refractivity contribution in [1.29, 1.82) is 0 Å². The van der Waals surface area contributed by atoms with E-state index in [-0.39, 0.29) is 18.5 Å². The molecule has 0 heterocycles. The average molecular weight is 449 g/mol. The molecule has 0 aliphatic heterocycles. The summed E-state index contributed by atoms with van der Waals surface area (Å²) < 4.78 is 11.6. The lowest BCUT2D eigenvalue weighted by atomic mass is 10.0. The monoisotopic (exact) mass is 448 g/mol. The quantitative estimate of drug-likeness (QED) is 0.171. The van der Waals surface area contributed by atoms with Crippen LogP contribution in [0.1, 0.15) is 109 Å². The number of unbranched alkanes of at least 4 members (excludes halogenated alkanes) is 6. The van der Waals surface area contributed by atoms with Gasteiger partial charge >= 0.3 is 11.9 Å². The van der Waals surface area contributed by atoms with Gasteiger partial charge < -0.3 is 14.6 Å². The molecular weight excluding hydrogens is 404 g/mol. The van der Waals surface area contributed by atoms with Crippen LogP contribution in [0.15, 0.2) is 30.3 Å². The first-order valence-electron chi connectivity index (χ1n) is 12.6. The minimum atomic E-state index is -0.730. The molecule has 0 aliphatic carbocycles. The summed E-state index contributed by atoms with van der Waals surface area (Å²) in [4.78, 5) is 22.0. The second kappa shape index (κ2) is 18.7. The molecule has 0 spiro atoms. The highest BCUT2D eigenvalue weighted by molar-refractivity contribution is 5.66. The number of esters is 1. The van der Waals surface area contributed by atoms with Crippen molar-refractivity contribution >= 4 is 11.9 Å². The van der Waals surface area contributed by atoms with E-state index in [1.54, 1.807) is 0 Å². The zero-order valence-corrected chi connectivity index (χ0v) is 20.2. The number of hydrogen-bond donors (Lipinski definition) is 1. The van der Waals surface area contributed by atoms with Gasteiger partial charge in [0.1, 0.15) is 6.10 Å². The molecule has 1 aromatic rings. The number of carboxylic acid groups (broad SMARTS) is 1. The third-order valence-corrected chi connectivity index (χ3v) is 5.74. The Morgan fingerprint density at radius 2 is 1.38 bits per heavy atom. The first kappa shape index (κ1) is 28.2. The maximum atomic E-state index is 11.4. The van der Waals surface area contributed by atoms with Crippen LogP contribution < -0.4 is 0 Å². The lowest BCUT2D eigenvalue weighted by molar-refractivity contribution is -0.147. The molecule has 0 bridgehead atoms. The molecule has 32 heavy (non-hydrogen) atoms. The van der Waals surface area contributed by atoms with E-state index < -0.39 is 5.97 Å². The molecule has 2 atom stereocenters. The number of benzene rings is 1. The van der Waals surface area contributed by atoms with Crippen molar-refractivity contribution in [3.8, 4) is 0 Å². The van der Waals surface area contributed by atoms with Gasteiger partial charge in [0.15, 0.2) is 0 Å². The molecule has 0 fully saturated rings. The van der Waals surface area contributed by atoms with Gasteiger partial charge in [0.05, 0.1) is 12.7 Å². The summed E-state index contributed by atoms with van der Waals surface area (Å²) in [5.74, 6) is -0.939. The minimum Gasteiger partial charge on any atom is -0.481 e. The molecule has 5 heteroatoms. The summed E-state index contributed by atoms with van der Waals surface area (Å²) in [6, 6.07) is 10.4. The second-order valence-electron chi connectivity index (χ2n) is 8.78. The van der Waals surface area contributed by atoms with Crippen LogP contribution in [0.2, 0.25) is 0 Å². The van der Waals surface area contributed by atoms with Crippen molar-refractivity contribution in [3.05, 3.63) is 35.9 Å². The van der Waals surface area contributed by atoms with Crippen LogP contribution >= 0.6 is 0 Å². The summed E-state index contributed by atoms with van der Waals surface area (Å²) in [5, 5.41) is 8.68. The Bertz CT molecular complexity index is 601. The van der Waals surface area contributed by atoms with E-state index in [9.17, 15) is 9.59 Å². The van der Waals surface area contributed by atoms with E-state index in [0.717, 1.165) is 70.6 Å². The molecule has 1 rings (SSSR count). The fraction of sp³-hybridized carbons (Fsp3) is 0.704. The normalized spacial score (nSPS) is 12.9. The Kier molecular flexibility index (Phi) is 16.4. The zero-order chi connectivity index (χ0) is 23.4. The Hall–Kier alpha value is -1.88. The van der Waals surface area contributed by atoms with Crippen LogP contribution in [0.25, 0.3) is 0 Å². The second-order valence-corrected chi connectivity index (χ2v) is 8.78. The summed E-state index contributed by atoms with van der Waals surface area (Å²) in [7, 11) is 0. The van der Waals surface area contributed by atoms with Gasteiger partial charge in [0, 0.05) is 13.3 Å². The van der Waals surface area contributed by atoms with Crippen LogP contribution in [0, 0.1) is 0 Å². The molecule has 182 valence electrons. The Morgan fingerprint density at radius 3 is 1.91 bits per heavy atom. The van der Waals surface area contributed by atoms with Crippen LogP contribution in [-0.2, 0) is 25.7 Å². The number of hydrogen-bond acceptors (Lipinski definition) is 4. The van der Waals surface area contributed by atoms with Gasteiger partial charge in [-0.25, -0.2) is 0 Å². The van der Waals surface area contributed by atoms with E-state index in [4.69, 9.17) is 14.6 Å². The van der Waals surface area contributed by atoms with E-state index in [1.165, 1.54) is 25.3 Å². The summed E-state index contributed by atoms with van der Waals surface area (Å²) in [5.41, 5.74) is 1.23. The van der Waals surface area contributed by atoms with Crippen molar-refractivity contribution in [2.24, 2.45) is 0 Å². The number of carbonyl (C=O) groups is 2. The van der Waals surface area contributed by atoms with Crippen LogP contribution in [0.4, 0.5) is 0 Å². The molecule has 0 radical (unpaired) electrons. The largest absolute Gasteiger partial charge is 0.481 e. The fourth-order valence-corrected chi connectivity index (χ4v) is 4.02. The molecule has 1 aromatic carbocycles. The lowest BCUT2D eigenvalue weighted by Crippen LogP contribution is -2.16. The molecule has 1 N–H and O–H groups in total. The van der Waals surface area contributed by atoms with Crippen molar-refractivity contribution in [2.75, 3.05) is 0 Å². The van der Waals surface area contributed by atoms with Crippen molar-refractivity contribution in [2.45, 2.75) is 123 Å².